The molecule has 0 unspecified atom stereocenters. The zero-order valence-corrected chi connectivity index (χ0v) is 15.5. The van der Waals surface area contributed by atoms with Gasteiger partial charge >= 0.3 is 0 Å². The van der Waals surface area contributed by atoms with E-state index >= 15 is 0 Å². The van der Waals surface area contributed by atoms with Gasteiger partial charge in [-0.1, -0.05) is 30.3 Å². The third-order valence-corrected chi connectivity index (χ3v) is 5.74. The second kappa shape index (κ2) is 8.07. The van der Waals surface area contributed by atoms with Crippen LogP contribution < -0.4 is 13.9 Å². The number of ketones is 1. The zero-order chi connectivity index (χ0) is 17.2. The van der Waals surface area contributed by atoms with Crippen LogP contribution >= 0.6 is 23.4 Å². The summed E-state index contributed by atoms with van der Waals surface area (Å²) in [7, 11) is -1.54. The van der Waals surface area contributed by atoms with E-state index in [4.69, 9.17) is 0 Å². The van der Waals surface area contributed by atoms with Crippen molar-refractivity contribution in [2.45, 2.75) is 6.42 Å². The molecule has 0 radical (unpaired) electrons. The molecule has 0 aromatic heterocycles. The van der Waals surface area contributed by atoms with Crippen LogP contribution in [0.4, 0.5) is 17.1 Å². The number of carbonyl (C=O) groups excluding carboxylic acids is 1. The minimum Gasteiger partial charge on any atom is -0.313 e. The molecular weight excluding hydrogens is 362 g/mol. The molecule has 25 heavy (non-hydrogen) atoms. The lowest BCUT2D eigenvalue weighted by molar-refractivity contribution is -0.117. The molecule has 0 saturated carbocycles. The van der Waals surface area contributed by atoms with Gasteiger partial charge in [-0.25, -0.2) is 4.31 Å². The number of halogens is 1. The number of anilines is 3. The number of likely N-dealkylation sites (N-methyl/N-ethyl adjacent to an activating group) is 1. The highest BCUT2D eigenvalue weighted by atomic mass is 35.5. The highest BCUT2D eigenvalue weighted by Crippen LogP contribution is 2.63. The van der Waals surface area contributed by atoms with E-state index in [1.165, 1.54) is 4.31 Å². The Bertz CT molecular complexity index is 730. The van der Waals surface area contributed by atoms with Gasteiger partial charge in [0, 0.05) is 13.0 Å². The predicted molar refractivity (Wildman–Crippen MR) is 106 cm³/mol. The number of fused-ring (bicyclic) bond motifs is 1. The monoisotopic (exact) mass is 383 g/mol. The first-order valence-electron chi connectivity index (χ1n) is 7.72. The normalized spacial score (nSPS) is 16.1. The Kier molecular flexibility index (Phi) is 6.31. The summed E-state index contributed by atoms with van der Waals surface area (Å²) in [5, 5.41) is 2.82. The first-order chi connectivity index (χ1) is 11.6. The van der Waals surface area contributed by atoms with Crippen molar-refractivity contribution in [3.05, 3.63) is 54.6 Å². The second-order valence-electron chi connectivity index (χ2n) is 5.53. The fourth-order valence-electron chi connectivity index (χ4n) is 2.81. The number of hydrogen-bond donors (Lipinski definition) is 3. The van der Waals surface area contributed by atoms with Crippen LogP contribution in [0.5, 0.6) is 0 Å². The summed E-state index contributed by atoms with van der Waals surface area (Å²) in [6.07, 6.45) is 0.244. The van der Waals surface area contributed by atoms with E-state index in [1.807, 2.05) is 54.6 Å². The third-order valence-electron chi connectivity index (χ3n) is 3.87. The minimum absolute atomic E-state index is 0. The Morgan fingerprint density at radius 2 is 1.64 bits per heavy atom. The summed E-state index contributed by atoms with van der Waals surface area (Å²) >= 11 is 0. The molecule has 0 aliphatic carbocycles. The fourth-order valence-corrected chi connectivity index (χ4v) is 4.58. The molecule has 1 aliphatic rings. The molecule has 0 bridgehead atoms. The van der Waals surface area contributed by atoms with Crippen molar-refractivity contribution in [3.63, 3.8) is 0 Å². The molecule has 6 nitrogen and oxygen atoms in total. The average Bonchev–Trinajstić information content (AvgIpc) is 2.80. The van der Waals surface area contributed by atoms with Gasteiger partial charge in [-0.2, -0.15) is 0 Å². The molecule has 2 aromatic rings. The maximum atomic E-state index is 11.8. The van der Waals surface area contributed by atoms with Crippen LogP contribution in [-0.4, -0.2) is 35.0 Å². The van der Waals surface area contributed by atoms with Crippen LogP contribution in [0.3, 0.4) is 0 Å². The van der Waals surface area contributed by atoms with E-state index in [2.05, 4.69) is 5.32 Å². The number of para-hydroxylation sites is 3. The lowest BCUT2D eigenvalue weighted by atomic mass is 10.2. The Balaban J connectivity index is 0.00000225. The summed E-state index contributed by atoms with van der Waals surface area (Å²) in [6.45, 7) is 0.528. The second-order valence-corrected chi connectivity index (χ2v) is 7.32. The molecule has 0 fully saturated rings. The van der Waals surface area contributed by atoms with E-state index in [0.717, 1.165) is 11.4 Å². The molecule has 1 aliphatic heterocycles. The molecule has 8 heteroatoms. The molecule has 2 aromatic carbocycles. The van der Waals surface area contributed by atoms with Gasteiger partial charge in [-0.15, -0.1) is 12.4 Å². The first kappa shape index (κ1) is 19.6. The number of nitrogens with one attached hydrogen (secondary N) is 1. The molecular formula is C17H22ClN3O3S. The molecule has 0 atom stereocenters. The van der Waals surface area contributed by atoms with E-state index in [-0.39, 0.29) is 37.7 Å². The van der Waals surface area contributed by atoms with Crippen molar-refractivity contribution in [2.75, 3.05) is 28.7 Å². The predicted octanol–water partition coefficient (Wildman–Crippen LogP) is 3.83. The van der Waals surface area contributed by atoms with Gasteiger partial charge in [-0.05, 0) is 42.3 Å². The Morgan fingerprint density at radius 3 is 2.28 bits per heavy atom. The number of rotatable bonds is 6. The SMILES string of the molecule is CNCC(=O)CCN1c2ccccc2N(c2ccccc2)S1(O)O.Cl. The van der Waals surface area contributed by atoms with Crippen molar-refractivity contribution < 1.29 is 13.9 Å². The van der Waals surface area contributed by atoms with Crippen LogP contribution in [0.15, 0.2) is 54.6 Å². The van der Waals surface area contributed by atoms with Crippen molar-refractivity contribution in [1.29, 1.82) is 0 Å². The van der Waals surface area contributed by atoms with Crippen molar-refractivity contribution in [2.24, 2.45) is 0 Å². The number of carbonyl (C=O) groups is 1. The largest absolute Gasteiger partial charge is 0.313 e. The number of Topliss-reactive ketones (excluding diaryl/α,β-unsaturated/α-hetero) is 1. The van der Waals surface area contributed by atoms with Crippen LogP contribution in [0.25, 0.3) is 0 Å². The molecule has 0 amide bonds. The Hall–Kier alpha value is -1.77. The molecule has 3 N–H and O–H groups in total. The first-order valence-corrected chi connectivity index (χ1v) is 9.18. The van der Waals surface area contributed by atoms with Crippen molar-refractivity contribution in [3.8, 4) is 0 Å². The molecule has 1 heterocycles. The number of nitrogens with zero attached hydrogens (tertiary/aromatic N) is 2. The summed E-state index contributed by atoms with van der Waals surface area (Å²) in [5.41, 5.74) is 2.15. The summed E-state index contributed by atoms with van der Waals surface area (Å²) in [5.74, 6) is 0.0309. The highest BCUT2D eigenvalue weighted by molar-refractivity contribution is 8.27. The molecule has 0 spiro atoms. The van der Waals surface area contributed by atoms with E-state index < -0.39 is 11.0 Å². The average molecular weight is 384 g/mol. The third kappa shape index (κ3) is 3.75. The quantitative estimate of drug-likeness (QED) is 0.703. The van der Waals surface area contributed by atoms with Crippen LogP contribution in [0.1, 0.15) is 6.42 Å². The molecule has 0 saturated heterocycles. The maximum Gasteiger partial charge on any atom is 0.148 e. The Morgan fingerprint density at radius 1 is 1.04 bits per heavy atom. The van der Waals surface area contributed by atoms with Gasteiger partial charge < -0.3 is 5.32 Å². The van der Waals surface area contributed by atoms with Crippen LogP contribution in [0, 0.1) is 0 Å². The topological polar surface area (TPSA) is 76.0 Å². The standard InChI is InChI=1S/C17H21N3O3S.ClH/c1-18-13-15(21)11-12-19-16-9-5-6-10-17(16)20(24(19,22)23)14-7-3-2-4-8-14;/h2-10,18,22-23H,11-13H2,1H3;1H. The highest BCUT2D eigenvalue weighted by Gasteiger charge is 2.41. The Labute approximate surface area is 155 Å². The summed E-state index contributed by atoms with van der Waals surface area (Å²) in [4.78, 5) is 11.8. The van der Waals surface area contributed by atoms with Crippen LogP contribution in [-0.2, 0) is 4.79 Å². The summed E-state index contributed by atoms with van der Waals surface area (Å²) < 4.78 is 24.9. The van der Waals surface area contributed by atoms with Gasteiger partial charge in [0.05, 0.1) is 23.6 Å². The van der Waals surface area contributed by atoms with Gasteiger partial charge in [0.2, 0.25) is 0 Å². The fraction of sp³-hybridized carbons (Fsp3) is 0.235. The van der Waals surface area contributed by atoms with E-state index in [0.29, 0.717) is 5.69 Å². The minimum atomic E-state index is -3.26. The van der Waals surface area contributed by atoms with Crippen molar-refractivity contribution in [1.82, 2.24) is 5.32 Å². The lowest BCUT2D eigenvalue weighted by Crippen LogP contribution is -2.33. The van der Waals surface area contributed by atoms with Crippen molar-refractivity contribution >= 4 is 46.2 Å². The number of benzene rings is 2. The van der Waals surface area contributed by atoms with Gasteiger partial charge in [0.15, 0.2) is 0 Å². The van der Waals surface area contributed by atoms with Gasteiger partial charge in [0.1, 0.15) is 5.78 Å². The zero-order valence-electron chi connectivity index (χ0n) is 13.8. The smallest absolute Gasteiger partial charge is 0.148 e. The summed E-state index contributed by atoms with van der Waals surface area (Å²) in [6, 6.07) is 16.7. The number of hydrogen-bond acceptors (Lipinski definition) is 6. The van der Waals surface area contributed by atoms with Crippen LogP contribution in [0.2, 0.25) is 0 Å². The maximum absolute atomic E-state index is 11.8. The lowest BCUT2D eigenvalue weighted by Gasteiger charge is -2.43. The van der Waals surface area contributed by atoms with E-state index in [1.54, 1.807) is 11.4 Å². The molecule has 136 valence electrons. The molecule has 3 rings (SSSR count). The van der Waals surface area contributed by atoms with E-state index in [9.17, 15) is 13.9 Å². The van der Waals surface area contributed by atoms with Gasteiger partial charge in [-0.3, -0.25) is 18.2 Å². The van der Waals surface area contributed by atoms with Gasteiger partial charge in [0.25, 0.3) is 0 Å².